The van der Waals surface area contributed by atoms with Gasteiger partial charge in [0.25, 0.3) is 6.43 Å². The molecule has 1 aromatic rings. The lowest BCUT2D eigenvalue weighted by Crippen LogP contribution is -2.07. The van der Waals surface area contributed by atoms with Gasteiger partial charge in [0, 0.05) is 0 Å². The van der Waals surface area contributed by atoms with Gasteiger partial charge in [-0.1, -0.05) is 0 Å². The maximum Gasteiger partial charge on any atom is 0.311 e. The maximum atomic E-state index is 12.9. The third kappa shape index (κ3) is 2.93. The first-order chi connectivity index (χ1) is 7.04. The summed E-state index contributed by atoms with van der Waals surface area (Å²) in [6.07, 6.45) is -3.15. The fourth-order valence-electron chi connectivity index (χ4n) is 0.964. The van der Waals surface area contributed by atoms with Crippen LogP contribution in [0.25, 0.3) is 0 Å². The van der Waals surface area contributed by atoms with Crippen LogP contribution < -0.4 is 0 Å². The van der Waals surface area contributed by atoms with E-state index >= 15 is 0 Å². The number of aromatic nitrogens is 1. The minimum Gasteiger partial charge on any atom is -0.469 e. The minimum atomic E-state index is -2.91. The highest BCUT2D eigenvalue weighted by Gasteiger charge is 2.15. The Bertz CT molecular complexity index is 368. The van der Waals surface area contributed by atoms with E-state index in [2.05, 4.69) is 9.72 Å². The molecule has 3 nitrogen and oxygen atoms in total. The predicted octanol–water partition coefficient (Wildman–Crippen LogP) is 1.87. The summed E-state index contributed by atoms with van der Waals surface area (Å²) in [7, 11) is 1.17. The summed E-state index contributed by atoms with van der Waals surface area (Å²) >= 11 is 0. The van der Waals surface area contributed by atoms with Gasteiger partial charge >= 0.3 is 5.97 Å². The highest BCUT2D eigenvalue weighted by Crippen LogP contribution is 2.20. The van der Waals surface area contributed by atoms with Crippen LogP contribution in [0.2, 0.25) is 0 Å². The average Bonchev–Trinajstić information content (AvgIpc) is 2.17. The summed E-state index contributed by atoms with van der Waals surface area (Å²) < 4.78 is 41.5. The van der Waals surface area contributed by atoms with Crippen molar-refractivity contribution in [2.75, 3.05) is 7.11 Å². The van der Waals surface area contributed by atoms with Crippen LogP contribution in [-0.4, -0.2) is 18.1 Å². The molecule has 0 aliphatic carbocycles. The molecule has 6 heteroatoms. The number of halogens is 3. The van der Waals surface area contributed by atoms with Crippen molar-refractivity contribution in [2.24, 2.45) is 0 Å². The zero-order valence-electron chi connectivity index (χ0n) is 7.84. The van der Waals surface area contributed by atoms with Gasteiger partial charge in [0.2, 0.25) is 5.95 Å². The molecule has 0 N–H and O–H groups in total. The lowest BCUT2D eigenvalue weighted by molar-refractivity contribution is -0.139. The topological polar surface area (TPSA) is 39.2 Å². The first kappa shape index (κ1) is 11.5. The van der Waals surface area contributed by atoms with Gasteiger partial charge < -0.3 is 4.74 Å². The van der Waals surface area contributed by atoms with E-state index in [1.54, 1.807) is 0 Å². The molecule has 0 amide bonds. The van der Waals surface area contributed by atoms with Gasteiger partial charge in [0.05, 0.1) is 24.8 Å². The third-order valence-corrected chi connectivity index (χ3v) is 1.72. The molecule has 0 bridgehead atoms. The van der Waals surface area contributed by atoms with Crippen LogP contribution in [0, 0.1) is 5.95 Å². The average molecular weight is 219 g/mol. The van der Waals surface area contributed by atoms with Gasteiger partial charge in [-0.25, -0.2) is 13.8 Å². The van der Waals surface area contributed by atoms with Crippen molar-refractivity contribution in [1.82, 2.24) is 4.98 Å². The van der Waals surface area contributed by atoms with E-state index in [9.17, 15) is 18.0 Å². The first-order valence-corrected chi connectivity index (χ1v) is 4.05. The van der Waals surface area contributed by atoms with Gasteiger partial charge in [-0.15, -0.1) is 0 Å². The number of alkyl halides is 2. The highest BCUT2D eigenvalue weighted by atomic mass is 19.3. The van der Waals surface area contributed by atoms with Gasteiger partial charge in [-0.3, -0.25) is 4.79 Å². The van der Waals surface area contributed by atoms with E-state index in [0.29, 0.717) is 0 Å². The molecule has 0 fully saturated rings. The van der Waals surface area contributed by atoms with Crippen molar-refractivity contribution >= 4 is 5.97 Å². The van der Waals surface area contributed by atoms with E-state index in [1.165, 1.54) is 13.2 Å². The van der Waals surface area contributed by atoms with Crippen molar-refractivity contribution < 1.29 is 22.7 Å². The van der Waals surface area contributed by atoms with Gasteiger partial charge in [-0.2, -0.15) is 4.39 Å². The van der Waals surface area contributed by atoms with Crippen molar-refractivity contribution in [3.8, 4) is 0 Å². The Hall–Kier alpha value is -1.59. The summed E-state index contributed by atoms with van der Waals surface area (Å²) in [4.78, 5) is 14.0. The SMILES string of the molecule is COC(=O)Cc1ccc(C(F)F)c(F)n1. The maximum absolute atomic E-state index is 12.9. The van der Waals surface area contributed by atoms with E-state index < -0.39 is 23.9 Å². The molecule has 1 rings (SSSR count). The van der Waals surface area contributed by atoms with E-state index in [1.807, 2.05) is 0 Å². The van der Waals surface area contributed by atoms with Crippen molar-refractivity contribution in [2.45, 2.75) is 12.8 Å². The van der Waals surface area contributed by atoms with E-state index in [-0.39, 0.29) is 12.1 Å². The molecule has 82 valence electrons. The standard InChI is InChI=1S/C9H8F3NO2/c1-15-7(14)4-5-2-3-6(8(10)11)9(12)13-5/h2-3,8H,4H2,1H3. The van der Waals surface area contributed by atoms with Crippen LogP contribution in [0.15, 0.2) is 12.1 Å². The Morgan fingerprint density at radius 2 is 2.20 bits per heavy atom. The van der Waals surface area contributed by atoms with Gasteiger partial charge in [0.1, 0.15) is 0 Å². The van der Waals surface area contributed by atoms with Crippen molar-refractivity contribution in [1.29, 1.82) is 0 Å². The van der Waals surface area contributed by atoms with Crippen LogP contribution in [-0.2, 0) is 16.0 Å². The normalized spacial score (nSPS) is 10.5. The second kappa shape index (κ2) is 4.77. The summed E-state index contributed by atoms with van der Waals surface area (Å²) in [5.41, 5.74) is -0.715. The Morgan fingerprint density at radius 3 is 2.67 bits per heavy atom. The molecule has 0 radical (unpaired) electrons. The molecule has 0 aliphatic heterocycles. The number of carbonyl (C=O) groups is 1. The molecule has 0 saturated carbocycles. The number of pyridine rings is 1. The smallest absolute Gasteiger partial charge is 0.311 e. The lowest BCUT2D eigenvalue weighted by Gasteiger charge is -2.03. The Balaban J connectivity index is 2.87. The second-order valence-corrected chi connectivity index (χ2v) is 2.74. The molecule has 0 saturated heterocycles. The number of esters is 1. The Labute approximate surface area is 83.9 Å². The lowest BCUT2D eigenvalue weighted by atomic mass is 10.2. The molecule has 0 atom stereocenters. The molecule has 1 heterocycles. The fourth-order valence-corrected chi connectivity index (χ4v) is 0.964. The molecule has 1 aromatic heterocycles. The third-order valence-electron chi connectivity index (χ3n) is 1.72. The Kier molecular flexibility index (Phi) is 3.65. The molecular formula is C9H8F3NO2. The molecule has 0 aliphatic rings. The van der Waals surface area contributed by atoms with E-state index in [4.69, 9.17) is 0 Å². The van der Waals surface area contributed by atoms with Crippen LogP contribution >= 0.6 is 0 Å². The number of rotatable bonds is 3. The Morgan fingerprint density at radius 1 is 1.53 bits per heavy atom. The number of hydrogen-bond acceptors (Lipinski definition) is 3. The highest BCUT2D eigenvalue weighted by molar-refractivity contribution is 5.71. The largest absolute Gasteiger partial charge is 0.469 e. The number of nitrogens with zero attached hydrogens (tertiary/aromatic N) is 1. The monoisotopic (exact) mass is 219 g/mol. The minimum absolute atomic E-state index is 0.0590. The molecule has 0 spiro atoms. The van der Waals surface area contributed by atoms with Crippen LogP contribution in [0.1, 0.15) is 17.7 Å². The van der Waals surface area contributed by atoms with Crippen molar-refractivity contribution in [3.63, 3.8) is 0 Å². The van der Waals surface area contributed by atoms with Gasteiger partial charge in [0.15, 0.2) is 0 Å². The van der Waals surface area contributed by atoms with Crippen LogP contribution in [0.3, 0.4) is 0 Å². The number of methoxy groups -OCH3 is 1. The quantitative estimate of drug-likeness (QED) is 0.575. The van der Waals surface area contributed by atoms with Crippen LogP contribution in [0.4, 0.5) is 13.2 Å². The molecule has 0 aromatic carbocycles. The molecular weight excluding hydrogens is 211 g/mol. The summed E-state index contributed by atoms with van der Waals surface area (Å²) in [6, 6.07) is 2.08. The summed E-state index contributed by atoms with van der Waals surface area (Å²) in [5, 5.41) is 0. The first-order valence-electron chi connectivity index (χ1n) is 4.05. The molecule has 15 heavy (non-hydrogen) atoms. The van der Waals surface area contributed by atoms with Crippen LogP contribution in [0.5, 0.6) is 0 Å². The van der Waals surface area contributed by atoms with Crippen molar-refractivity contribution in [3.05, 3.63) is 29.3 Å². The molecule has 0 unspecified atom stereocenters. The fraction of sp³-hybridized carbons (Fsp3) is 0.333. The zero-order valence-corrected chi connectivity index (χ0v) is 7.84. The second-order valence-electron chi connectivity index (χ2n) is 2.74. The predicted molar refractivity (Wildman–Crippen MR) is 44.9 cm³/mol. The zero-order chi connectivity index (χ0) is 11.4. The van der Waals surface area contributed by atoms with E-state index in [0.717, 1.165) is 6.07 Å². The number of carbonyl (C=O) groups excluding carboxylic acids is 1. The summed E-state index contributed by atoms with van der Waals surface area (Å²) in [6.45, 7) is 0. The summed E-state index contributed by atoms with van der Waals surface area (Å²) in [5.74, 6) is -1.86. The number of ether oxygens (including phenoxy) is 1. The number of hydrogen-bond donors (Lipinski definition) is 0. The van der Waals surface area contributed by atoms with Gasteiger partial charge in [-0.05, 0) is 12.1 Å².